The fraction of sp³-hybridized carbons (Fsp3) is 0.800. The quantitative estimate of drug-likeness (QED) is 0.801. The van der Waals surface area contributed by atoms with Crippen LogP contribution in [-0.4, -0.2) is 28.0 Å². The van der Waals surface area contributed by atoms with Gasteiger partial charge in [-0.3, -0.25) is 4.57 Å². The van der Waals surface area contributed by atoms with Gasteiger partial charge < -0.3 is 4.74 Å². The van der Waals surface area contributed by atoms with Crippen LogP contribution >= 0.6 is 11.6 Å². The number of nitrogens with zero attached hydrogens (tertiary/aromatic N) is 3. The second-order valence-corrected chi connectivity index (χ2v) is 5.04. The summed E-state index contributed by atoms with van der Waals surface area (Å²) in [7, 11) is 1.68. The first-order chi connectivity index (χ1) is 6.86. The van der Waals surface area contributed by atoms with E-state index in [9.17, 15) is 0 Å². The van der Waals surface area contributed by atoms with Crippen molar-refractivity contribution in [3.8, 4) is 0 Å². The molecule has 0 aliphatic rings. The van der Waals surface area contributed by atoms with E-state index in [2.05, 4.69) is 31.0 Å². The third kappa shape index (κ3) is 2.92. The van der Waals surface area contributed by atoms with E-state index in [1.165, 1.54) is 0 Å². The molecule has 0 fully saturated rings. The van der Waals surface area contributed by atoms with Crippen molar-refractivity contribution in [1.82, 2.24) is 14.8 Å². The first-order valence-corrected chi connectivity index (χ1v) is 5.36. The third-order valence-electron chi connectivity index (χ3n) is 2.22. The first-order valence-electron chi connectivity index (χ1n) is 4.98. The molecule has 1 aromatic heterocycles. The minimum absolute atomic E-state index is 0.0619. The molecular formula is C10H18ClN3O. The summed E-state index contributed by atoms with van der Waals surface area (Å²) in [5.74, 6) is 0.886. The van der Waals surface area contributed by atoms with Crippen LogP contribution in [0.4, 0.5) is 0 Å². The Kier molecular flexibility index (Phi) is 3.73. The molecule has 1 aromatic rings. The van der Waals surface area contributed by atoms with Crippen LogP contribution < -0.4 is 0 Å². The summed E-state index contributed by atoms with van der Waals surface area (Å²) in [4.78, 5) is 0. The van der Waals surface area contributed by atoms with Gasteiger partial charge in [-0.05, 0) is 18.5 Å². The molecule has 0 N–H and O–H groups in total. The van der Waals surface area contributed by atoms with Gasteiger partial charge in [0.1, 0.15) is 5.82 Å². The van der Waals surface area contributed by atoms with Crippen LogP contribution in [0.15, 0.2) is 0 Å². The van der Waals surface area contributed by atoms with E-state index in [1.54, 1.807) is 7.11 Å². The Morgan fingerprint density at radius 2 is 2.00 bits per heavy atom. The minimum atomic E-state index is -0.0619. The van der Waals surface area contributed by atoms with Crippen LogP contribution in [0.3, 0.4) is 0 Å². The molecule has 1 rings (SSSR count). The van der Waals surface area contributed by atoms with Crippen LogP contribution in [0, 0.1) is 0 Å². The molecule has 0 aromatic carbocycles. The van der Waals surface area contributed by atoms with E-state index in [1.807, 2.05) is 11.5 Å². The van der Waals surface area contributed by atoms with Gasteiger partial charge in [-0.15, -0.1) is 10.2 Å². The Morgan fingerprint density at radius 1 is 1.40 bits per heavy atom. The first kappa shape index (κ1) is 12.5. The zero-order valence-electron chi connectivity index (χ0n) is 9.91. The van der Waals surface area contributed by atoms with Crippen LogP contribution in [-0.2, 0) is 16.7 Å². The maximum Gasteiger partial charge on any atom is 0.225 e. The molecule has 15 heavy (non-hydrogen) atoms. The topological polar surface area (TPSA) is 39.9 Å². The molecule has 0 spiro atoms. The summed E-state index contributed by atoms with van der Waals surface area (Å²) < 4.78 is 7.11. The van der Waals surface area contributed by atoms with E-state index in [-0.39, 0.29) is 11.5 Å². The maximum atomic E-state index is 5.99. The van der Waals surface area contributed by atoms with Gasteiger partial charge in [0.15, 0.2) is 0 Å². The Morgan fingerprint density at radius 3 is 2.47 bits per heavy atom. The highest BCUT2D eigenvalue weighted by molar-refractivity contribution is 6.28. The highest BCUT2D eigenvalue weighted by Gasteiger charge is 2.23. The predicted octanol–water partition coefficient (Wildman–Crippen LogP) is 2.26. The normalized spacial score (nSPS) is 14.3. The number of hydrogen-bond donors (Lipinski definition) is 0. The van der Waals surface area contributed by atoms with Gasteiger partial charge in [-0.25, -0.2) is 0 Å². The fourth-order valence-electron chi connectivity index (χ4n) is 1.33. The Labute approximate surface area is 95.6 Å². The molecule has 1 heterocycles. The number of ether oxygens (including phenoxy) is 1. The number of halogens is 1. The van der Waals surface area contributed by atoms with Gasteiger partial charge in [-0.1, -0.05) is 20.8 Å². The van der Waals surface area contributed by atoms with Crippen molar-refractivity contribution < 1.29 is 4.74 Å². The van der Waals surface area contributed by atoms with Crippen LogP contribution in [0.25, 0.3) is 0 Å². The molecule has 4 nitrogen and oxygen atoms in total. The standard InChI is InChI=1S/C10H18ClN3O/c1-7(15-5)6-14-8(10(2,3)4)12-13-9(14)11/h7H,6H2,1-5H3. The summed E-state index contributed by atoms with van der Waals surface area (Å²) in [6.07, 6.45) is 0.0969. The molecule has 1 unspecified atom stereocenters. The molecule has 0 aliphatic heterocycles. The Bertz CT molecular complexity index is 330. The SMILES string of the molecule is COC(C)Cn1c(Cl)nnc1C(C)(C)C. The summed E-state index contributed by atoms with van der Waals surface area (Å²) in [5, 5.41) is 8.41. The number of rotatable bonds is 3. The molecule has 1 atom stereocenters. The predicted molar refractivity (Wildman–Crippen MR) is 60.2 cm³/mol. The second-order valence-electron chi connectivity index (χ2n) is 4.70. The molecular weight excluding hydrogens is 214 g/mol. The highest BCUT2D eigenvalue weighted by Crippen LogP contribution is 2.23. The molecule has 0 aliphatic carbocycles. The van der Waals surface area contributed by atoms with Gasteiger partial charge >= 0.3 is 0 Å². The lowest BCUT2D eigenvalue weighted by atomic mass is 9.95. The van der Waals surface area contributed by atoms with Gasteiger partial charge in [0.05, 0.1) is 12.6 Å². The molecule has 0 amide bonds. The van der Waals surface area contributed by atoms with Crippen molar-refractivity contribution in [2.24, 2.45) is 0 Å². The molecule has 0 saturated carbocycles. The smallest absolute Gasteiger partial charge is 0.225 e. The molecule has 5 heteroatoms. The van der Waals surface area contributed by atoms with Crippen molar-refractivity contribution in [3.05, 3.63) is 11.1 Å². The number of methoxy groups -OCH3 is 1. The maximum absolute atomic E-state index is 5.99. The van der Waals surface area contributed by atoms with E-state index in [0.717, 1.165) is 5.82 Å². The van der Waals surface area contributed by atoms with Gasteiger partial charge in [-0.2, -0.15) is 0 Å². The van der Waals surface area contributed by atoms with Crippen LogP contribution in [0.5, 0.6) is 0 Å². The van der Waals surface area contributed by atoms with E-state index < -0.39 is 0 Å². The monoisotopic (exact) mass is 231 g/mol. The second kappa shape index (κ2) is 4.49. The Hall–Kier alpha value is -0.610. The summed E-state index contributed by atoms with van der Waals surface area (Å²) >= 11 is 5.99. The van der Waals surface area contributed by atoms with Crippen molar-refractivity contribution >= 4 is 11.6 Å². The lowest BCUT2D eigenvalue weighted by Crippen LogP contribution is -2.23. The van der Waals surface area contributed by atoms with Crippen LogP contribution in [0.2, 0.25) is 5.28 Å². The minimum Gasteiger partial charge on any atom is -0.380 e. The zero-order valence-corrected chi connectivity index (χ0v) is 10.7. The van der Waals surface area contributed by atoms with Crippen molar-refractivity contribution in [2.75, 3.05) is 7.11 Å². The lowest BCUT2D eigenvalue weighted by molar-refractivity contribution is 0.101. The summed E-state index contributed by atoms with van der Waals surface area (Å²) in [6.45, 7) is 8.92. The van der Waals surface area contributed by atoms with Crippen molar-refractivity contribution in [1.29, 1.82) is 0 Å². The van der Waals surface area contributed by atoms with Gasteiger partial charge in [0.2, 0.25) is 5.28 Å². The average Bonchev–Trinajstić information content (AvgIpc) is 2.47. The largest absolute Gasteiger partial charge is 0.380 e. The molecule has 0 bridgehead atoms. The number of aromatic nitrogens is 3. The summed E-state index contributed by atoms with van der Waals surface area (Å²) in [6, 6.07) is 0. The molecule has 0 radical (unpaired) electrons. The fourth-order valence-corrected chi connectivity index (χ4v) is 1.52. The zero-order chi connectivity index (χ0) is 11.6. The van der Waals surface area contributed by atoms with Crippen LogP contribution in [0.1, 0.15) is 33.5 Å². The van der Waals surface area contributed by atoms with Gasteiger partial charge in [0, 0.05) is 12.5 Å². The van der Waals surface area contributed by atoms with E-state index >= 15 is 0 Å². The highest BCUT2D eigenvalue weighted by atomic mass is 35.5. The molecule has 0 saturated heterocycles. The van der Waals surface area contributed by atoms with E-state index in [0.29, 0.717) is 11.8 Å². The third-order valence-corrected chi connectivity index (χ3v) is 2.50. The number of hydrogen-bond acceptors (Lipinski definition) is 3. The summed E-state index contributed by atoms with van der Waals surface area (Å²) in [5.41, 5.74) is -0.0619. The lowest BCUT2D eigenvalue weighted by Gasteiger charge is -2.20. The van der Waals surface area contributed by atoms with E-state index in [4.69, 9.17) is 16.3 Å². The Balaban J connectivity index is 3.00. The van der Waals surface area contributed by atoms with Crippen molar-refractivity contribution in [3.63, 3.8) is 0 Å². The van der Waals surface area contributed by atoms with Gasteiger partial charge in [0.25, 0.3) is 0 Å². The molecule has 86 valence electrons. The van der Waals surface area contributed by atoms with Crippen molar-refractivity contribution in [2.45, 2.75) is 45.8 Å². The average molecular weight is 232 g/mol.